The Hall–Kier alpha value is -1.80. The molecule has 2 nitrogen and oxygen atoms in total. The van der Waals surface area contributed by atoms with E-state index < -0.39 is 0 Å². The van der Waals surface area contributed by atoms with Gasteiger partial charge in [-0.3, -0.25) is 0 Å². The van der Waals surface area contributed by atoms with Gasteiger partial charge in [-0.1, -0.05) is 50.2 Å². The predicted molar refractivity (Wildman–Crippen MR) is 82.8 cm³/mol. The molecule has 2 aromatic rings. The van der Waals surface area contributed by atoms with Crippen LogP contribution in [0.5, 0.6) is 5.75 Å². The molecule has 0 aromatic heterocycles. The van der Waals surface area contributed by atoms with Crippen LogP contribution in [0.1, 0.15) is 25.8 Å². The van der Waals surface area contributed by atoms with E-state index in [1.54, 1.807) is 0 Å². The lowest BCUT2D eigenvalue weighted by molar-refractivity contribution is 0.282. The van der Waals surface area contributed by atoms with Gasteiger partial charge in [0.15, 0.2) is 0 Å². The molecule has 0 aliphatic carbocycles. The van der Waals surface area contributed by atoms with E-state index in [9.17, 15) is 0 Å². The van der Waals surface area contributed by atoms with Crippen LogP contribution >= 0.6 is 0 Å². The summed E-state index contributed by atoms with van der Waals surface area (Å²) in [7, 11) is 0. The first-order valence-electron chi connectivity index (χ1n) is 7.12. The zero-order valence-corrected chi connectivity index (χ0v) is 12.2. The largest absolute Gasteiger partial charge is 0.494 e. The fourth-order valence-corrected chi connectivity index (χ4v) is 1.96. The normalized spacial score (nSPS) is 10.8. The van der Waals surface area contributed by atoms with E-state index >= 15 is 0 Å². The van der Waals surface area contributed by atoms with Gasteiger partial charge in [-0.25, -0.2) is 0 Å². The monoisotopic (exact) mass is 270 g/mol. The van der Waals surface area contributed by atoms with E-state index in [0.29, 0.717) is 5.92 Å². The topological polar surface area (TPSA) is 29.5 Å². The van der Waals surface area contributed by atoms with Gasteiger partial charge in [0.05, 0.1) is 13.2 Å². The molecule has 0 amide bonds. The minimum absolute atomic E-state index is 0.0862. The van der Waals surface area contributed by atoms with Crippen molar-refractivity contribution >= 4 is 0 Å². The first-order chi connectivity index (χ1) is 9.69. The summed E-state index contributed by atoms with van der Waals surface area (Å²) < 4.78 is 5.71. The van der Waals surface area contributed by atoms with Gasteiger partial charge in [-0.2, -0.15) is 0 Å². The average molecular weight is 270 g/mol. The Labute approximate surface area is 121 Å². The molecule has 0 radical (unpaired) electrons. The summed E-state index contributed by atoms with van der Waals surface area (Å²) in [5.41, 5.74) is 3.24. The molecule has 0 unspecified atom stereocenters. The van der Waals surface area contributed by atoms with Crippen LogP contribution in [0.15, 0.2) is 48.5 Å². The number of ether oxygens (including phenoxy) is 1. The minimum atomic E-state index is 0.0862. The van der Waals surface area contributed by atoms with Gasteiger partial charge < -0.3 is 9.84 Å². The van der Waals surface area contributed by atoms with Crippen LogP contribution < -0.4 is 4.74 Å². The van der Waals surface area contributed by atoms with E-state index in [2.05, 4.69) is 26.0 Å². The van der Waals surface area contributed by atoms with E-state index in [-0.39, 0.29) is 6.61 Å². The van der Waals surface area contributed by atoms with Gasteiger partial charge in [0, 0.05) is 0 Å². The van der Waals surface area contributed by atoms with E-state index in [1.807, 2.05) is 36.4 Å². The standard InChI is InChI=1S/C18H22O2/c1-14(2)11-12-20-18-9-7-17(8-10-18)16-5-3-15(13-19)4-6-16/h3-10,14,19H,11-13H2,1-2H3. The lowest BCUT2D eigenvalue weighted by Crippen LogP contribution is -2.01. The highest BCUT2D eigenvalue weighted by atomic mass is 16.5. The Balaban J connectivity index is 1.99. The molecule has 2 rings (SSSR count). The van der Waals surface area contributed by atoms with Crippen LogP contribution in [0.4, 0.5) is 0 Å². The Kier molecular flexibility index (Phi) is 5.19. The van der Waals surface area contributed by atoms with Gasteiger partial charge >= 0.3 is 0 Å². The summed E-state index contributed by atoms with van der Waals surface area (Å²) >= 11 is 0. The van der Waals surface area contributed by atoms with Crippen LogP contribution in [0, 0.1) is 5.92 Å². The second-order valence-corrected chi connectivity index (χ2v) is 5.41. The molecule has 0 spiro atoms. The van der Waals surface area contributed by atoms with Crippen molar-refractivity contribution < 1.29 is 9.84 Å². The summed E-state index contributed by atoms with van der Waals surface area (Å²) in [6.07, 6.45) is 1.07. The third-order valence-corrected chi connectivity index (χ3v) is 3.29. The number of benzene rings is 2. The van der Waals surface area contributed by atoms with Gasteiger partial charge in [0.1, 0.15) is 5.75 Å². The SMILES string of the molecule is CC(C)CCOc1ccc(-c2ccc(CO)cc2)cc1. The fraction of sp³-hybridized carbons (Fsp3) is 0.333. The van der Waals surface area contributed by atoms with Crippen LogP contribution in [0.25, 0.3) is 11.1 Å². The summed E-state index contributed by atoms with van der Waals surface area (Å²) in [6.45, 7) is 5.25. The van der Waals surface area contributed by atoms with Gasteiger partial charge in [-0.05, 0) is 41.2 Å². The average Bonchev–Trinajstić information content (AvgIpc) is 2.48. The second-order valence-electron chi connectivity index (χ2n) is 5.41. The van der Waals surface area contributed by atoms with Crippen molar-refractivity contribution in [2.24, 2.45) is 5.92 Å². The van der Waals surface area contributed by atoms with Crippen molar-refractivity contribution in [2.45, 2.75) is 26.9 Å². The molecule has 1 N–H and O–H groups in total. The fourth-order valence-electron chi connectivity index (χ4n) is 1.96. The minimum Gasteiger partial charge on any atom is -0.494 e. The molecule has 0 fully saturated rings. The molecular formula is C18H22O2. The van der Waals surface area contributed by atoms with Crippen molar-refractivity contribution in [3.8, 4) is 16.9 Å². The Morgan fingerprint density at radius 1 is 0.900 bits per heavy atom. The number of hydrogen-bond donors (Lipinski definition) is 1. The lowest BCUT2D eigenvalue weighted by Gasteiger charge is -2.09. The highest BCUT2D eigenvalue weighted by Crippen LogP contribution is 2.23. The third-order valence-electron chi connectivity index (χ3n) is 3.29. The van der Waals surface area contributed by atoms with Crippen LogP contribution in [0.2, 0.25) is 0 Å². The van der Waals surface area contributed by atoms with Crippen molar-refractivity contribution in [3.63, 3.8) is 0 Å². The highest BCUT2D eigenvalue weighted by molar-refractivity contribution is 5.64. The first kappa shape index (κ1) is 14.6. The summed E-state index contributed by atoms with van der Waals surface area (Å²) in [5.74, 6) is 1.58. The molecule has 20 heavy (non-hydrogen) atoms. The maximum Gasteiger partial charge on any atom is 0.119 e. The van der Waals surface area contributed by atoms with Crippen molar-refractivity contribution in [1.82, 2.24) is 0 Å². The quantitative estimate of drug-likeness (QED) is 0.849. The molecule has 0 aliphatic rings. The Morgan fingerprint density at radius 3 is 1.95 bits per heavy atom. The number of aliphatic hydroxyl groups is 1. The maximum atomic E-state index is 9.04. The molecule has 0 aliphatic heterocycles. The van der Waals surface area contributed by atoms with E-state index in [4.69, 9.17) is 9.84 Å². The molecular weight excluding hydrogens is 248 g/mol. The molecule has 2 heteroatoms. The Morgan fingerprint density at radius 2 is 1.45 bits per heavy atom. The van der Waals surface area contributed by atoms with Gasteiger partial charge in [-0.15, -0.1) is 0 Å². The zero-order chi connectivity index (χ0) is 14.4. The summed E-state index contributed by atoms with van der Waals surface area (Å²) in [5, 5.41) is 9.04. The van der Waals surface area contributed by atoms with Crippen molar-refractivity contribution in [1.29, 1.82) is 0 Å². The lowest BCUT2D eigenvalue weighted by atomic mass is 10.0. The molecule has 0 heterocycles. The number of rotatable bonds is 6. The molecule has 106 valence electrons. The van der Waals surface area contributed by atoms with Crippen LogP contribution in [0.3, 0.4) is 0 Å². The van der Waals surface area contributed by atoms with Crippen molar-refractivity contribution in [3.05, 3.63) is 54.1 Å². The van der Waals surface area contributed by atoms with Gasteiger partial charge in [0.2, 0.25) is 0 Å². The zero-order valence-electron chi connectivity index (χ0n) is 12.2. The first-order valence-corrected chi connectivity index (χ1v) is 7.12. The smallest absolute Gasteiger partial charge is 0.119 e. The highest BCUT2D eigenvalue weighted by Gasteiger charge is 2.00. The van der Waals surface area contributed by atoms with Crippen molar-refractivity contribution in [2.75, 3.05) is 6.61 Å². The number of aliphatic hydroxyl groups excluding tert-OH is 1. The summed E-state index contributed by atoms with van der Waals surface area (Å²) in [6, 6.07) is 16.1. The number of hydrogen-bond acceptors (Lipinski definition) is 2. The summed E-state index contributed by atoms with van der Waals surface area (Å²) in [4.78, 5) is 0. The molecule has 0 saturated heterocycles. The van der Waals surface area contributed by atoms with Crippen LogP contribution in [-0.2, 0) is 6.61 Å². The molecule has 0 bridgehead atoms. The van der Waals surface area contributed by atoms with Gasteiger partial charge in [0.25, 0.3) is 0 Å². The molecule has 2 aromatic carbocycles. The second kappa shape index (κ2) is 7.11. The predicted octanol–water partition coefficient (Wildman–Crippen LogP) is 4.27. The Bertz CT molecular complexity index is 512. The molecule has 0 atom stereocenters. The van der Waals surface area contributed by atoms with E-state index in [0.717, 1.165) is 35.5 Å². The van der Waals surface area contributed by atoms with Crippen LogP contribution in [-0.4, -0.2) is 11.7 Å². The molecule has 0 saturated carbocycles. The van der Waals surface area contributed by atoms with E-state index in [1.165, 1.54) is 0 Å². The maximum absolute atomic E-state index is 9.04. The third kappa shape index (κ3) is 4.10.